The minimum absolute atomic E-state index is 0.459. The maximum Gasteiger partial charge on any atom is 0.0543 e. The zero-order chi connectivity index (χ0) is 15.1. The number of likely N-dealkylation sites (N-methyl/N-ethyl adjacent to an activating group) is 2. The molecule has 0 spiro atoms. The van der Waals surface area contributed by atoms with E-state index in [1.165, 1.54) is 0 Å². The summed E-state index contributed by atoms with van der Waals surface area (Å²) in [5.41, 5.74) is 2.22. The van der Waals surface area contributed by atoms with Crippen LogP contribution in [0.5, 0.6) is 0 Å². The molecule has 4 nitrogen and oxygen atoms in total. The predicted molar refractivity (Wildman–Crippen MR) is 85.7 cm³/mol. The van der Waals surface area contributed by atoms with Crippen LogP contribution in [0.4, 0.5) is 0 Å². The van der Waals surface area contributed by atoms with Gasteiger partial charge in [-0.25, -0.2) is 0 Å². The lowest BCUT2D eigenvalue weighted by atomic mass is 10.2. The maximum absolute atomic E-state index is 4.38. The number of rotatable bonds is 7. The van der Waals surface area contributed by atoms with Gasteiger partial charge in [0.1, 0.15) is 0 Å². The topological polar surface area (TPSA) is 32.3 Å². The summed E-state index contributed by atoms with van der Waals surface area (Å²) >= 11 is 0. The van der Waals surface area contributed by atoms with E-state index in [1.54, 1.807) is 0 Å². The van der Waals surface area contributed by atoms with Gasteiger partial charge in [0.05, 0.1) is 11.4 Å². The summed E-state index contributed by atoms with van der Waals surface area (Å²) in [4.78, 5) is 13.4. The quantitative estimate of drug-likeness (QED) is 0.781. The Morgan fingerprint density at radius 2 is 1.48 bits per heavy atom. The van der Waals surface area contributed by atoms with Gasteiger partial charge in [-0.1, -0.05) is 12.1 Å². The van der Waals surface area contributed by atoms with Gasteiger partial charge >= 0.3 is 0 Å². The molecule has 0 N–H and O–H groups in total. The van der Waals surface area contributed by atoms with Crippen LogP contribution >= 0.6 is 0 Å². The van der Waals surface area contributed by atoms with Crippen molar-refractivity contribution < 1.29 is 0 Å². The van der Waals surface area contributed by atoms with Gasteiger partial charge in [0.2, 0.25) is 0 Å². The van der Waals surface area contributed by atoms with Crippen molar-refractivity contribution in [2.45, 2.75) is 26.1 Å². The second-order valence-corrected chi connectivity index (χ2v) is 5.60. The highest BCUT2D eigenvalue weighted by molar-refractivity contribution is 5.04. The predicted octanol–water partition coefficient (Wildman–Crippen LogP) is 2.43. The van der Waals surface area contributed by atoms with Gasteiger partial charge in [-0.3, -0.25) is 19.8 Å². The second-order valence-electron chi connectivity index (χ2n) is 5.60. The van der Waals surface area contributed by atoms with E-state index in [1.807, 2.05) is 36.7 Å². The lowest BCUT2D eigenvalue weighted by Crippen LogP contribution is -2.38. The second kappa shape index (κ2) is 7.86. The van der Waals surface area contributed by atoms with Crippen LogP contribution in [0.25, 0.3) is 0 Å². The number of nitrogens with zero attached hydrogens (tertiary/aromatic N) is 4. The van der Waals surface area contributed by atoms with Gasteiger partial charge in [0.25, 0.3) is 0 Å². The minimum atomic E-state index is 0.459. The Labute approximate surface area is 127 Å². The molecule has 0 aliphatic heterocycles. The Balaban J connectivity index is 1.81. The van der Waals surface area contributed by atoms with Crippen molar-refractivity contribution in [1.82, 2.24) is 19.8 Å². The zero-order valence-corrected chi connectivity index (χ0v) is 13.1. The van der Waals surface area contributed by atoms with Crippen LogP contribution in [0.3, 0.4) is 0 Å². The van der Waals surface area contributed by atoms with E-state index in [0.29, 0.717) is 6.04 Å². The fourth-order valence-corrected chi connectivity index (χ4v) is 2.33. The third-order valence-corrected chi connectivity index (χ3v) is 3.62. The Morgan fingerprint density at radius 3 is 2.00 bits per heavy atom. The molecule has 0 amide bonds. The highest BCUT2D eigenvalue weighted by Gasteiger charge is 2.13. The van der Waals surface area contributed by atoms with E-state index in [4.69, 9.17) is 0 Å². The molecule has 1 unspecified atom stereocenters. The van der Waals surface area contributed by atoms with E-state index in [0.717, 1.165) is 31.0 Å². The average Bonchev–Trinajstić information content (AvgIpc) is 2.49. The van der Waals surface area contributed by atoms with Crippen molar-refractivity contribution in [2.75, 3.05) is 20.6 Å². The first kappa shape index (κ1) is 15.6. The fourth-order valence-electron chi connectivity index (χ4n) is 2.33. The van der Waals surface area contributed by atoms with E-state index in [9.17, 15) is 0 Å². The van der Waals surface area contributed by atoms with Crippen LogP contribution in [-0.2, 0) is 13.1 Å². The molecule has 0 aliphatic carbocycles. The molecule has 2 aromatic rings. The van der Waals surface area contributed by atoms with Crippen molar-refractivity contribution in [2.24, 2.45) is 0 Å². The van der Waals surface area contributed by atoms with Crippen molar-refractivity contribution >= 4 is 0 Å². The molecule has 2 aromatic heterocycles. The molecule has 2 rings (SSSR count). The van der Waals surface area contributed by atoms with Gasteiger partial charge in [0.15, 0.2) is 0 Å². The van der Waals surface area contributed by atoms with Gasteiger partial charge in [-0.05, 0) is 45.3 Å². The Hall–Kier alpha value is -1.78. The first-order chi connectivity index (χ1) is 10.1. The van der Waals surface area contributed by atoms with Crippen LogP contribution < -0.4 is 0 Å². The molecular weight excluding hydrogens is 260 g/mol. The Kier molecular flexibility index (Phi) is 5.84. The smallest absolute Gasteiger partial charge is 0.0543 e. The average molecular weight is 284 g/mol. The molecule has 0 bridgehead atoms. The molecule has 0 saturated carbocycles. The summed E-state index contributed by atoms with van der Waals surface area (Å²) < 4.78 is 0. The summed E-state index contributed by atoms with van der Waals surface area (Å²) in [5.74, 6) is 0. The van der Waals surface area contributed by atoms with Crippen molar-refractivity contribution in [3.05, 3.63) is 60.2 Å². The molecule has 0 aliphatic rings. The lowest BCUT2D eigenvalue weighted by Gasteiger charge is -2.28. The largest absolute Gasteiger partial charge is 0.299 e. The highest BCUT2D eigenvalue weighted by Crippen LogP contribution is 2.06. The van der Waals surface area contributed by atoms with Gasteiger partial charge in [-0.2, -0.15) is 0 Å². The summed E-state index contributed by atoms with van der Waals surface area (Å²) in [6.07, 6.45) is 3.70. The molecule has 2 heterocycles. The molecule has 21 heavy (non-hydrogen) atoms. The first-order valence-corrected chi connectivity index (χ1v) is 7.33. The number of aromatic nitrogens is 2. The number of pyridine rings is 2. The molecule has 0 saturated heterocycles. The van der Waals surface area contributed by atoms with E-state index in [-0.39, 0.29) is 0 Å². The van der Waals surface area contributed by atoms with Crippen molar-refractivity contribution in [3.8, 4) is 0 Å². The fraction of sp³-hybridized carbons (Fsp3) is 0.412. The van der Waals surface area contributed by atoms with Crippen LogP contribution in [0, 0.1) is 0 Å². The minimum Gasteiger partial charge on any atom is -0.299 e. The van der Waals surface area contributed by atoms with E-state index < -0.39 is 0 Å². The van der Waals surface area contributed by atoms with Crippen LogP contribution in [-0.4, -0.2) is 46.4 Å². The monoisotopic (exact) mass is 284 g/mol. The van der Waals surface area contributed by atoms with Crippen LogP contribution in [0.1, 0.15) is 18.3 Å². The Morgan fingerprint density at radius 1 is 0.905 bits per heavy atom. The molecule has 4 heteroatoms. The summed E-state index contributed by atoms with van der Waals surface area (Å²) in [6, 6.07) is 12.6. The summed E-state index contributed by atoms with van der Waals surface area (Å²) in [5, 5.41) is 0. The number of hydrogen-bond donors (Lipinski definition) is 0. The molecule has 0 aromatic carbocycles. The standard InChI is InChI=1S/C17H24N4/c1-15(21(3)14-17-9-5-7-11-19-17)12-20(2)13-16-8-4-6-10-18-16/h4-11,15H,12-14H2,1-3H3. The van der Waals surface area contributed by atoms with E-state index in [2.05, 4.69) is 52.9 Å². The SMILES string of the molecule is CC(CN(C)Cc1ccccn1)N(C)Cc1ccccn1. The lowest BCUT2D eigenvalue weighted by molar-refractivity contribution is 0.180. The van der Waals surface area contributed by atoms with Crippen LogP contribution in [0.2, 0.25) is 0 Å². The van der Waals surface area contributed by atoms with Gasteiger partial charge < -0.3 is 0 Å². The third-order valence-electron chi connectivity index (χ3n) is 3.62. The van der Waals surface area contributed by atoms with E-state index >= 15 is 0 Å². The summed E-state index contributed by atoms with van der Waals surface area (Å²) in [6.45, 7) is 5.00. The first-order valence-electron chi connectivity index (χ1n) is 7.33. The molecule has 0 fully saturated rings. The number of hydrogen-bond acceptors (Lipinski definition) is 4. The van der Waals surface area contributed by atoms with Crippen LogP contribution in [0.15, 0.2) is 48.8 Å². The molecule has 1 atom stereocenters. The summed E-state index contributed by atoms with van der Waals surface area (Å²) in [7, 11) is 4.29. The molecule has 0 radical (unpaired) electrons. The van der Waals surface area contributed by atoms with Gasteiger partial charge in [0, 0.05) is 38.1 Å². The maximum atomic E-state index is 4.38. The Bertz CT molecular complexity index is 515. The normalized spacial score (nSPS) is 12.8. The molecular formula is C17H24N4. The van der Waals surface area contributed by atoms with Crippen molar-refractivity contribution in [3.63, 3.8) is 0 Å². The van der Waals surface area contributed by atoms with Gasteiger partial charge in [-0.15, -0.1) is 0 Å². The highest BCUT2D eigenvalue weighted by atomic mass is 15.2. The molecule has 112 valence electrons. The third kappa shape index (κ3) is 5.25. The zero-order valence-electron chi connectivity index (χ0n) is 13.1. The van der Waals surface area contributed by atoms with Crippen molar-refractivity contribution in [1.29, 1.82) is 0 Å².